The molecule has 92 valence electrons. The first-order valence-electron chi connectivity index (χ1n) is 5.88. The number of nitrogens with zero attached hydrogens (tertiary/aromatic N) is 3. The fourth-order valence-electron chi connectivity index (χ4n) is 1.99. The van der Waals surface area contributed by atoms with Crippen molar-refractivity contribution in [2.75, 3.05) is 5.32 Å². The monoisotopic (exact) mass is 240 g/mol. The van der Waals surface area contributed by atoms with Gasteiger partial charge in [0.25, 0.3) is 0 Å². The second kappa shape index (κ2) is 4.92. The Morgan fingerprint density at radius 1 is 1.33 bits per heavy atom. The van der Waals surface area contributed by atoms with Crippen LogP contribution in [0.1, 0.15) is 29.8 Å². The molecular formula is C14H16N4. The van der Waals surface area contributed by atoms with E-state index < -0.39 is 0 Å². The highest BCUT2D eigenvalue weighted by molar-refractivity contribution is 5.56. The Bertz CT molecular complexity index is 578. The van der Waals surface area contributed by atoms with E-state index >= 15 is 0 Å². The zero-order valence-corrected chi connectivity index (χ0v) is 10.8. The minimum atomic E-state index is 0.133. The number of aromatic nitrogens is 2. The molecule has 0 fully saturated rings. The lowest BCUT2D eigenvalue weighted by Crippen LogP contribution is -2.10. The number of aryl methyl sites for hydroxylation is 2. The molecule has 0 aliphatic carbocycles. The van der Waals surface area contributed by atoms with E-state index in [1.54, 1.807) is 4.68 Å². The lowest BCUT2D eigenvalue weighted by Gasteiger charge is -2.15. The molecule has 0 amide bonds. The maximum absolute atomic E-state index is 9.15. The molecule has 2 aromatic rings. The first-order valence-corrected chi connectivity index (χ1v) is 5.88. The fourth-order valence-corrected chi connectivity index (χ4v) is 1.99. The summed E-state index contributed by atoms with van der Waals surface area (Å²) in [6.45, 7) is 3.91. The predicted octanol–water partition coefficient (Wildman–Crippen LogP) is 2.77. The lowest BCUT2D eigenvalue weighted by molar-refractivity contribution is 0.742. The molecule has 1 aromatic carbocycles. The van der Waals surface area contributed by atoms with Crippen molar-refractivity contribution in [2.24, 2.45) is 7.05 Å². The third kappa shape index (κ3) is 2.21. The zero-order chi connectivity index (χ0) is 13.1. The Labute approximate surface area is 107 Å². The van der Waals surface area contributed by atoms with E-state index in [1.165, 1.54) is 5.56 Å². The quantitative estimate of drug-likeness (QED) is 0.897. The number of nitrogens with one attached hydrogen (secondary N) is 1. The molecule has 0 spiro atoms. The highest BCUT2D eigenvalue weighted by atomic mass is 15.3. The van der Waals surface area contributed by atoms with E-state index in [1.807, 2.05) is 32.2 Å². The number of hydrogen-bond acceptors (Lipinski definition) is 3. The van der Waals surface area contributed by atoms with Crippen LogP contribution in [-0.2, 0) is 7.05 Å². The van der Waals surface area contributed by atoms with Crippen molar-refractivity contribution < 1.29 is 0 Å². The Kier molecular flexibility index (Phi) is 3.33. The van der Waals surface area contributed by atoms with Crippen LogP contribution >= 0.6 is 0 Å². The first-order chi connectivity index (χ1) is 8.63. The summed E-state index contributed by atoms with van der Waals surface area (Å²) in [6.07, 6.45) is 0. The van der Waals surface area contributed by atoms with Crippen LogP contribution in [-0.4, -0.2) is 9.78 Å². The summed E-state index contributed by atoms with van der Waals surface area (Å²) >= 11 is 0. The molecule has 1 N–H and O–H groups in total. The van der Waals surface area contributed by atoms with E-state index in [0.717, 1.165) is 11.5 Å². The molecule has 4 nitrogen and oxygen atoms in total. The predicted molar refractivity (Wildman–Crippen MR) is 71.1 cm³/mol. The number of anilines is 1. The Hall–Kier alpha value is -2.28. The van der Waals surface area contributed by atoms with Crippen LogP contribution < -0.4 is 5.32 Å². The van der Waals surface area contributed by atoms with Gasteiger partial charge in [-0.3, -0.25) is 4.68 Å². The third-order valence-electron chi connectivity index (χ3n) is 2.99. The standard InChI is InChI=1S/C14H16N4/c1-10(12-7-5-4-6-8-12)16-14-13(9-15)11(2)17-18(14)3/h4-8,10,16H,1-3H3. The van der Waals surface area contributed by atoms with Crippen LogP contribution in [0, 0.1) is 18.3 Å². The molecule has 0 aliphatic rings. The highest BCUT2D eigenvalue weighted by Crippen LogP contribution is 2.23. The smallest absolute Gasteiger partial charge is 0.142 e. The fraction of sp³-hybridized carbons (Fsp3) is 0.286. The van der Waals surface area contributed by atoms with Gasteiger partial charge in [-0.15, -0.1) is 0 Å². The van der Waals surface area contributed by atoms with Gasteiger partial charge in [-0.2, -0.15) is 10.4 Å². The molecule has 1 aromatic heterocycles. The van der Waals surface area contributed by atoms with Gasteiger partial charge in [-0.25, -0.2) is 0 Å². The molecule has 1 unspecified atom stereocenters. The summed E-state index contributed by atoms with van der Waals surface area (Å²) in [5.74, 6) is 0.770. The second-order valence-corrected chi connectivity index (χ2v) is 4.32. The van der Waals surface area contributed by atoms with Gasteiger partial charge in [0.1, 0.15) is 17.5 Å². The summed E-state index contributed by atoms with van der Waals surface area (Å²) in [7, 11) is 1.84. The zero-order valence-electron chi connectivity index (χ0n) is 10.8. The minimum absolute atomic E-state index is 0.133. The van der Waals surface area contributed by atoms with Crippen LogP contribution in [0.15, 0.2) is 30.3 Å². The van der Waals surface area contributed by atoms with Crippen LogP contribution in [0.4, 0.5) is 5.82 Å². The number of rotatable bonds is 3. The maximum atomic E-state index is 9.15. The third-order valence-corrected chi connectivity index (χ3v) is 2.99. The van der Waals surface area contributed by atoms with Crippen LogP contribution in [0.5, 0.6) is 0 Å². The summed E-state index contributed by atoms with van der Waals surface area (Å²) in [5.41, 5.74) is 2.54. The molecule has 0 saturated heterocycles. The maximum Gasteiger partial charge on any atom is 0.142 e. The Morgan fingerprint density at radius 2 is 2.00 bits per heavy atom. The Balaban J connectivity index is 2.28. The number of hydrogen-bond donors (Lipinski definition) is 1. The molecule has 2 rings (SSSR count). The highest BCUT2D eigenvalue weighted by Gasteiger charge is 2.15. The minimum Gasteiger partial charge on any atom is -0.363 e. The summed E-state index contributed by atoms with van der Waals surface area (Å²) < 4.78 is 1.72. The largest absolute Gasteiger partial charge is 0.363 e. The average molecular weight is 240 g/mol. The average Bonchev–Trinajstić information content (AvgIpc) is 2.64. The van der Waals surface area contributed by atoms with E-state index in [9.17, 15) is 0 Å². The van der Waals surface area contributed by atoms with Gasteiger partial charge in [0, 0.05) is 13.1 Å². The van der Waals surface area contributed by atoms with Gasteiger partial charge in [0.15, 0.2) is 0 Å². The molecule has 0 aliphatic heterocycles. The molecule has 1 atom stereocenters. The topological polar surface area (TPSA) is 53.6 Å². The number of nitriles is 1. The van der Waals surface area contributed by atoms with Crippen molar-refractivity contribution in [1.29, 1.82) is 5.26 Å². The lowest BCUT2D eigenvalue weighted by atomic mass is 10.1. The van der Waals surface area contributed by atoms with E-state index in [0.29, 0.717) is 5.56 Å². The van der Waals surface area contributed by atoms with Crippen LogP contribution in [0.25, 0.3) is 0 Å². The van der Waals surface area contributed by atoms with Crippen molar-refractivity contribution >= 4 is 5.82 Å². The van der Waals surface area contributed by atoms with Crippen molar-refractivity contribution in [2.45, 2.75) is 19.9 Å². The van der Waals surface area contributed by atoms with E-state index in [2.05, 4.69) is 35.5 Å². The van der Waals surface area contributed by atoms with Crippen LogP contribution in [0.3, 0.4) is 0 Å². The van der Waals surface area contributed by atoms with E-state index in [4.69, 9.17) is 5.26 Å². The van der Waals surface area contributed by atoms with Crippen molar-refractivity contribution in [3.8, 4) is 6.07 Å². The molecule has 0 bridgehead atoms. The molecule has 0 saturated carbocycles. The second-order valence-electron chi connectivity index (χ2n) is 4.32. The van der Waals surface area contributed by atoms with Crippen LogP contribution in [0.2, 0.25) is 0 Å². The summed E-state index contributed by atoms with van der Waals surface area (Å²) in [4.78, 5) is 0. The molecule has 1 heterocycles. The first kappa shape index (κ1) is 12.2. The van der Waals surface area contributed by atoms with Crippen molar-refractivity contribution in [3.05, 3.63) is 47.2 Å². The summed E-state index contributed by atoms with van der Waals surface area (Å²) in [6, 6.07) is 12.5. The molecule has 0 radical (unpaired) electrons. The van der Waals surface area contributed by atoms with Crippen molar-refractivity contribution in [1.82, 2.24) is 9.78 Å². The SMILES string of the molecule is Cc1nn(C)c(NC(C)c2ccccc2)c1C#N. The van der Waals surface area contributed by atoms with Crippen molar-refractivity contribution in [3.63, 3.8) is 0 Å². The van der Waals surface area contributed by atoms with Gasteiger partial charge >= 0.3 is 0 Å². The van der Waals surface area contributed by atoms with Gasteiger partial charge < -0.3 is 5.32 Å². The summed E-state index contributed by atoms with van der Waals surface area (Å²) in [5, 5.41) is 16.8. The van der Waals surface area contributed by atoms with Gasteiger partial charge in [-0.1, -0.05) is 30.3 Å². The molecular weight excluding hydrogens is 224 g/mol. The van der Waals surface area contributed by atoms with Gasteiger partial charge in [0.2, 0.25) is 0 Å². The van der Waals surface area contributed by atoms with Gasteiger partial charge in [-0.05, 0) is 19.4 Å². The van der Waals surface area contributed by atoms with Gasteiger partial charge in [0.05, 0.1) is 5.69 Å². The number of benzene rings is 1. The molecule has 18 heavy (non-hydrogen) atoms. The van der Waals surface area contributed by atoms with E-state index in [-0.39, 0.29) is 6.04 Å². The Morgan fingerprint density at radius 3 is 2.61 bits per heavy atom. The normalized spacial score (nSPS) is 11.9. The molecule has 4 heteroatoms.